The molecule has 1 aliphatic carbocycles. The Morgan fingerprint density at radius 2 is 2.25 bits per heavy atom. The predicted octanol–water partition coefficient (Wildman–Crippen LogP) is 1.56. The first kappa shape index (κ1) is 6.81. The van der Waals surface area contributed by atoms with Crippen molar-refractivity contribution in [2.75, 3.05) is 7.05 Å². The summed E-state index contributed by atoms with van der Waals surface area (Å²) in [7, 11) is 2.05. The molecule has 2 atom stereocenters. The molecule has 0 aromatic carbocycles. The lowest BCUT2D eigenvalue weighted by Crippen LogP contribution is -2.21. The van der Waals surface area contributed by atoms with Crippen molar-refractivity contribution in [3.05, 3.63) is 0 Å². The van der Waals surface area contributed by atoms with Gasteiger partial charge in [-0.25, -0.2) is 0 Å². The van der Waals surface area contributed by atoms with E-state index in [9.17, 15) is 0 Å². The van der Waals surface area contributed by atoms with Gasteiger partial charge in [-0.2, -0.15) is 0 Å². The van der Waals surface area contributed by atoms with Gasteiger partial charge in [-0.1, -0.05) is 22.6 Å². The van der Waals surface area contributed by atoms with Gasteiger partial charge < -0.3 is 5.32 Å². The third-order valence-corrected chi connectivity index (χ3v) is 2.91. The van der Waals surface area contributed by atoms with Crippen LogP contribution < -0.4 is 5.32 Å². The average Bonchev–Trinajstić information content (AvgIpc) is 2.14. The summed E-state index contributed by atoms with van der Waals surface area (Å²) in [5.74, 6) is 0. The van der Waals surface area contributed by atoms with Crippen LogP contribution in [0.3, 0.4) is 0 Å². The van der Waals surface area contributed by atoms with Crippen LogP contribution in [0.5, 0.6) is 0 Å². The zero-order valence-electron chi connectivity index (χ0n) is 5.15. The van der Waals surface area contributed by atoms with Crippen molar-refractivity contribution in [2.45, 2.75) is 29.2 Å². The molecule has 1 saturated carbocycles. The number of hydrogen-bond donors (Lipinski definition) is 1. The maximum absolute atomic E-state index is 3.29. The van der Waals surface area contributed by atoms with Crippen molar-refractivity contribution >= 4 is 22.6 Å². The minimum absolute atomic E-state index is 0.817. The summed E-state index contributed by atoms with van der Waals surface area (Å²) in [5, 5.41) is 3.29. The highest BCUT2D eigenvalue weighted by Crippen LogP contribution is 2.25. The van der Waals surface area contributed by atoms with Crippen LogP contribution in [-0.4, -0.2) is 17.0 Å². The molecule has 1 nitrogen and oxygen atoms in total. The molecule has 1 fully saturated rings. The first-order valence-electron chi connectivity index (χ1n) is 3.14. The van der Waals surface area contributed by atoms with E-state index in [1.54, 1.807) is 0 Å². The predicted molar refractivity (Wildman–Crippen MR) is 44.5 cm³/mol. The summed E-state index contributed by atoms with van der Waals surface area (Å²) in [4.78, 5) is 0. The van der Waals surface area contributed by atoms with Crippen LogP contribution in [0.4, 0.5) is 0 Å². The van der Waals surface area contributed by atoms with Crippen molar-refractivity contribution in [3.8, 4) is 0 Å². The average molecular weight is 225 g/mol. The van der Waals surface area contributed by atoms with Gasteiger partial charge in [-0.3, -0.25) is 0 Å². The molecule has 0 heterocycles. The van der Waals surface area contributed by atoms with E-state index in [0.717, 1.165) is 9.97 Å². The Kier molecular flexibility index (Phi) is 2.56. The quantitative estimate of drug-likeness (QED) is 0.527. The molecule has 0 bridgehead atoms. The molecule has 0 aliphatic heterocycles. The minimum Gasteiger partial charge on any atom is -0.317 e. The van der Waals surface area contributed by atoms with Crippen LogP contribution in [0.2, 0.25) is 0 Å². The molecule has 2 unspecified atom stereocenters. The molecule has 1 aliphatic rings. The zero-order valence-corrected chi connectivity index (χ0v) is 7.31. The summed E-state index contributed by atoms with van der Waals surface area (Å²) < 4.78 is 0.935. The van der Waals surface area contributed by atoms with Crippen LogP contribution in [0.1, 0.15) is 19.3 Å². The number of nitrogens with one attached hydrogen (secondary N) is 1. The molecule has 1 rings (SSSR count). The number of halogens is 1. The Balaban J connectivity index is 2.22. The lowest BCUT2D eigenvalue weighted by molar-refractivity contribution is 0.584. The fraction of sp³-hybridized carbons (Fsp3) is 1.00. The van der Waals surface area contributed by atoms with E-state index in [1.165, 1.54) is 19.3 Å². The monoisotopic (exact) mass is 225 g/mol. The van der Waals surface area contributed by atoms with E-state index < -0.39 is 0 Å². The molecule has 2 heteroatoms. The molecule has 0 aromatic heterocycles. The van der Waals surface area contributed by atoms with E-state index in [1.807, 2.05) is 0 Å². The first-order chi connectivity index (χ1) is 3.83. The van der Waals surface area contributed by atoms with E-state index in [2.05, 4.69) is 35.0 Å². The van der Waals surface area contributed by atoms with Gasteiger partial charge in [0.2, 0.25) is 0 Å². The standard InChI is InChI=1S/C6H12IN/c1-8-6-3-2-5(7)4-6/h5-6,8H,2-4H2,1H3. The Morgan fingerprint density at radius 3 is 2.50 bits per heavy atom. The second-order valence-electron chi connectivity index (χ2n) is 2.40. The van der Waals surface area contributed by atoms with Crippen molar-refractivity contribution < 1.29 is 0 Å². The number of alkyl halides is 1. The van der Waals surface area contributed by atoms with Crippen LogP contribution in [0.25, 0.3) is 0 Å². The first-order valence-corrected chi connectivity index (χ1v) is 4.39. The number of rotatable bonds is 1. The molecule has 0 aromatic rings. The number of hydrogen-bond acceptors (Lipinski definition) is 1. The highest BCUT2D eigenvalue weighted by atomic mass is 127. The van der Waals surface area contributed by atoms with Crippen molar-refractivity contribution in [1.29, 1.82) is 0 Å². The molecule has 48 valence electrons. The topological polar surface area (TPSA) is 12.0 Å². The summed E-state index contributed by atoms with van der Waals surface area (Å²) >= 11 is 2.53. The Bertz CT molecular complexity index is 74.9. The summed E-state index contributed by atoms with van der Waals surface area (Å²) in [5.41, 5.74) is 0. The Labute approximate surface area is 64.4 Å². The van der Waals surface area contributed by atoms with Gasteiger partial charge in [-0.15, -0.1) is 0 Å². The molecule has 1 N–H and O–H groups in total. The maximum atomic E-state index is 3.29. The smallest absolute Gasteiger partial charge is 0.0125 e. The van der Waals surface area contributed by atoms with E-state index in [0.29, 0.717) is 0 Å². The zero-order chi connectivity index (χ0) is 5.98. The van der Waals surface area contributed by atoms with Gasteiger partial charge in [0, 0.05) is 9.97 Å². The second kappa shape index (κ2) is 3.01. The van der Waals surface area contributed by atoms with E-state index >= 15 is 0 Å². The minimum atomic E-state index is 0.817. The second-order valence-corrected chi connectivity index (χ2v) is 4.16. The molecular weight excluding hydrogens is 213 g/mol. The molecule has 8 heavy (non-hydrogen) atoms. The van der Waals surface area contributed by atoms with Crippen molar-refractivity contribution in [1.82, 2.24) is 5.32 Å². The van der Waals surface area contributed by atoms with Crippen LogP contribution in [-0.2, 0) is 0 Å². The van der Waals surface area contributed by atoms with Crippen LogP contribution >= 0.6 is 22.6 Å². The summed E-state index contributed by atoms with van der Waals surface area (Å²) in [6.45, 7) is 0. The normalized spacial score (nSPS) is 38.2. The molecule has 0 radical (unpaired) electrons. The highest BCUT2D eigenvalue weighted by Gasteiger charge is 2.19. The Morgan fingerprint density at radius 1 is 1.50 bits per heavy atom. The summed E-state index contributed by atoms with van der Waals surface area (Å²) in [6, 6.07) is 0.817. The Hall–Kier alpha value is 0.690. The third kappa shape index (κ3) is 1.58. The van der Waals surface area contributed by atoms with Crippen molar-refractivity contribution in [3.63, 3.8) is 0 Å². The molecule has 0 amide bonds. The SMILES string of the molecule is CNC1CCC(I)C1. The van der Waals surface area contributed by atoms with Gasteiger partial charge in [-0.05, 0) is 26.3 Å². The fourth-order valence-corrected chi connectivity index (χ4v) is 2.16. The van der Waals surface area contributed by atoms with Crippen LogP contribution in [0, 0.1) is 0 Å². The molecular formula is C6H12IN. The van der Waals surface area contributed by atoms with Crippen molar-refractivity contribution in [2.24, 2.45) is 0 Å². The van der Waals surface area contributed by atoms with Gasteiger partial charge in [0.15, 0.2) is 0 Å². The van der Waals surface area contributed by atoms with Gasteiger partial charge in [0.25, 0.3) is 0 Å². The maximum Gasteiger partial charge on any atom is 0.0125 e. The third-order valence-electron chi connectivity index (χ3n) is 1.78. The largest absolute Gasteiger partial charge is 0.317 e. The van der Waals surface area contributed by atoms with Gasteiger partial charge in [0.1, 0.15) is 0 Å². The fourth-order valence-electron chi connectivity index (χ4n) is 1.19. The van der Waals surface area contributed by atoms with Gasteiger partial charge in [0.05, 0.1) is 0 Å². The van der Waals surface area contributed by atoms with E-state index in [4.69, 9.17) is 0 Å². The van der Waals surface area contributed by atoms with Crippen LogP contribution in [0.15, 0.2) is 0 Å². The van der Waals surface area contributed by atoms with Gasteiger partial charge >= 0.3 is 0 Å². The lowest BCUT2D eigenvalue weighted by Gasteiger charge is -2.04. The van der Waals surface area contributed by atoms with E-state index in [-0.39, 0.29) is 0 Å². The molecule has 0 saturated heterocycles. The summed E-state index contributed by atoms with van der Waals surface area (Å²) in [6.07, 6.45) is 4.16. The highest BCUT2D eigenvalue weighted by molar-refractivity contribution is 14.1. The molecule has 0 spiro atoms. The lowest BCUT2D eigenvalue weighted by atomic mass is 10.3.